The van der Waals surface area contributed by atoms with E-state index in [9.17, 15) is 18.4 Å². The number of anilines is 2. The van der Waals surface area contributed by atoms with Gasteiger partial charge in [-0.25, -0.2) is 8.78 Å². The van der Waals surface area contributed by atoms with Crippen LogP contribution in [0.15, 0.2) is 72.8 Å². The summed E-state index contributed by atoms with van der Waals surface area (Å²) in [4.78, 5) is 25.3. The molecule has 1 aliphatic carbocycles. The van der Waals surface area contributed by atoms with Gasteiger partial charge in [0.1, 0.15) is 17.0 Å². The molecule has 4 rings (SSSR count). The predicted octanol–water partition coefficient (Wildman–Crippen LogP) is 4.91. The minimum atomic E-state index is -1.19. The summed E-state index contributed by atoms with van der Waals surface area (Å²) in [5, 5.41) is 5.30. The summed E-state index contributed by atoms with van der Waals surface area (Å²) in [6.07, 6.45) is 1.26. The monoisotopic (exact) mass is 406 g/mol. The Hall–Kier alpha value is -3.54. The molecular formula is C24H20F2N2O2. The zero-order valence-electron chi connectivity index (χ0n) is 16.1. The van der Waals surface area contributed by atoms with E-state index in [1.54, 1.807) is 12.1 Å². The van der Waals surface area contributed by atoms with Crippen molar-refractivity contribution in [2.75, 3.05) is 10.6 Å². The van der Waals surface area contributed by atoms with Crippen LogP contribution in [0.5, 0.6) is 0 Å². The minimum Gasteiger partial charge on any atom is -0.325 e. The summed E-state index contributed by atoms with van der Waals surface area (Å²) < 4.78 is 27.5. The Morgan fingerprint density at radius 2 is 1.40 bits per heavy atom. The molecule has 6 heteroatoms. The molecule has 0 radical (unpaired) electrons. The van der Waals surface area contributed by atoms with Gasteiger partial charge in [0.15, 0.2) is 0 Å². The van der Waals surface area contributed by atoms with Gasteiger partial charge >= 0.3 is 0 Å². The standard InChI is InChI=1S/C24H20F2N2O2/c25-18-7-10-19(11-8-18)27-22(29)24(12-13-24)23(30)28-20-9-6-17(21(26)15-20)14-16-4-2-1-3-5-16/h1-11,15H,12-14H2,(H,27,29)(H,28,30). The third-order valence-corrected chi connectivity index (χ3v) is 5.27. The Balaban J connectivity index is 1.42. The van der Waals surface area contributed by atoms with Crippen molar-refractivity contribution in [1.29, 1.82) is 0 Å². The molecule has 1 saturated carbocycles. The SMILES string of the molecule is O=C(Nc1ccc(F)cc1)C1(C(=O)Nc2ccc(Cc3ccccc3)c(F)c2)CC1. The van der Waals surface area contributed by atoms with Crippen LogP contribution < -0.4 is 10.6 Å². The van der Waals surface area contributed by atoms with Crippen molar-refractivity contribution in [2.24, 2.45) is 5.41 Å². The van der Waals surface area contributed by atoms with Gasteiger partial charge in [-0.1, -0.05) is 36.4 Å². The first kappa shape index (κ1) is 19.8. The Labute approximate surface area is 172 Å². The molecule has 0 saturated heterocycles. The maximum atomic E-state index is 14.5. The highest BCUT2D eigenvalue weighted by Crippen LogP contribution is 2.47. The zero-order valence-corrected chi connectivity index (χ0v) is 16.1. The van der Waals surface area contributed by atoms with E-state index in [0.29, 0.717) is 36.2 Å². The molecule has 1 fully saturated rings. The van der Waals surface area contributed by atoms with Gasteiger partial charge in [-0.05, 0) is 60.4 Å². The number of benzene rings is 3. The van der Waals surface area contributed by atoms with Gasteiger partial charge in [0.25, 0.3) is 0 Å². The summed E-state index contributed by atoms with van der Waals surface area (Å²) >= 11 is 0. The van der Waals surface area contributed by atoms with Crippen LogP contribution >= 0.6 is 0 Å². The zero-order chi connectivity index (χ0) is 21.1. The first-order valence-electron chi connectivity index (χ1n) is 9.67. The Morgan fingerprint density at radius 3 is 2.00 bits per heavy atom. The van der Waals surface area contributed by atoms with Crippen LogP contribution in [0.2, 0.25) is 0 Å². The summed E-state index contributed by atoms with van der Waals surface area (Å²) in [5.74, 6) is -1.76. The van der Waals surface area contributed by atoms with Crippen molar-refractivity contribution in [3.05, 3.63) is 95.6 Å². The first-order chi connectivity index (χ1) is 14.5. The molecule has 0 bridgehead atoms. The van der Waals surface area contributed by atoms with Crippen LogP contribution in [0.4, 0.5) is 20.2 Å². The summed E-state index contributed by atoms with van der Waals surface area (Å²) in [7, 11) is 0. The molecule has 0 aromatic heterocycles. The van der Waals surface area contributed by atoms with Crippen molar-refractivity contribution >= 4 is 23.2 Å². The fraction of sp³-hybridized carbons (Fsp3) is 0.167. The highest BCUT2D eigenvalue weighted by molar-refractivity contribution is 6.16. The van der Waals surface area contributed by atoms with Gasteiger partial charge in [-0.3, -0.25) is 9.59 Å². The number of hydrogen-bond acceptors (Lipinski definition) is 2. The largest absolute Gasteiger partial charge is 0.325 e. The van der Waals surface area contributed by atoms with Crippen molar-refractivity contribution in [3.8, 4) is 0 Å². The topological polar surface area (TPSA) is 58.2 Å². The maximum Gasteiger partial charge on any atom is 0.240 e. The smallest absolute Gasteiger partial charge is 0.240 e. The molecule has 2 N–H and O–H groups in total. The Kier molecular flexibility index (Phi) is 5.31. The fourth-order valence-electron chi connectivity index (χ4n) is 3.30. The number of nitrogens with one attached hydrogen (secondary N) is 2. The molecule has 0 heterocycles. The summed E-state index contributed by atoms with van der Waals surface area (Å²) in [6, 6.07) is 19.4. The quantitative estimate of drug-likeness (QED) is 0.572. The molecule has 3 aromatic rings. The Morgan fingerprint density at radius 1 is 0.800 bits per heavy atom. The van der Waals surface area contributed by atoms with E-state index in [2.05, 4.69) is 10.6 Å². The molecule has 0 atom stereocenters. The van der Waals surface area contributed by atoms with E-state index in [0.717, 1.165) is 5.56 Å². The van der Waals surface area contributed by atoms with Gasteiger partial charge in [-0.2, -0.15) is 0 Å². The summed E-state index contributed by atoms with van der Waals surface area (Å²) in [5.41, 5.74) is 1.04. The molecule has 0 unspecified atom stereocenters. The molecule has 2 amide bonds. The van der Waals surface area contributed by atoms with E-state index in [1.165, 1.54) is 30.3 Å². The lowest BCUT2D eigenvalue weighted by Crippen LogP contribution is -2.35. The highest BCUT2D eigenvalue weighted by Gasteiger charge is 2.56. The second-order valence-electron chi connectivity index (χ2n) is 7.47. The Bertz CT molecular complexity index is 1080. The first-order valence-corrected chi connectivity index (χ1v) is 9.67. The van der Waals surface area contributed by atoms with E-state index >= 15 is 0 Å². The van der Waals surface area contributed by atoms with Crippen molar-refractivity contribution in [1.82, 2.24) is 0 Å². The van der Waals surface area contributed by atoms with Gasteiger partial charge in [0.05, 0.1) is 0 Å². The van der Waals surface area contributed by atoms with Crippen LogP contribution in [-0.4, -0.2) is 11.8 Å². The molecule has 0 spiro atoms. The van der Waals surface area contributed by atoms with Gasteiger partial charge in [0, 0.05) is 17.8 Å². The lowest BCUT2D eigenvalue weighted by atomic mass is 10.0. The third kappa shape index (κ3) is 4.22. The molecule has 152 valence electrons. The van der Waals surface area contributed by atoms with Crippen LogP contribution in [0.25, 0.3) is 0 Å². The molecule has 0 aliphatic heterocycles. The van der Waals surface area contributed by atoms with Crippen LogP contribution in [-0.2, 0) is 16.0 Å². The molecule has 1 aliphatic rings. The second-order valence-corrected chi connectivity index (χ2v) is 7.47. The molecule has 4 nitrogen and oxygen atoms in total. The van der Waals surface area contributed by atoms with Crippen molar-refractivity contribution < 1.29 is 18.4 Å². The van der Waals surface area contributed by atoms with Crippen molar-refractivity contribution in [3.63, 3.8) is 0 Å². The van der Waals surface area contributed by atoms with E-state index in [-0.39, 0.29) is 0 Å². The number of halogens is 2. The molecule has 3 aromatic carbocycles. The van der Waals surface area contributed by atoms with E-state index in [1.807, 2.05) is 30.3 Å². The van der Waals surface area contributed by atoms with Crippen LogP contribution in [0.3, 0.4) is 0 Å². The summed E-state index contributed by atoms with van der Waals surface area (Å²) in [6.45, 7) is 0. The van der Waals surface area contributed by atoms with Crippen LogP contribution in [0.1, 0.15) is 24.0 Å². The average Bonchev–Trinajstić information content (AvgIpc) is 3.55. The average molecular weight is 406 g/mol. The predicted molar refractivity (Wildman–Crippen MR) is 111 cm³/mol. The fourth-order valence-corrected chi connectivity index (χ4v) is 3.30. The van der Waals surface area contributed by atoms with Crippen molar-refractivity contribution in [2.45, 2.75) is 19.3 Å². The number of amides is 2. The van der Waals surface area contributed by atoms with Crippen LogP contribution in [0, 0.1) is 17.0 Å². The van der Waals surface area contributed by atoms with Gasteiger partial charge in [-0.15, -0.1) is 0 Å². The number of hydrogen-bond donors (Lipinski definition) is 2. The van der Waals surface area contributed by atoms with Gasteiger partial charge in [0.2, 0.25) is 11.8 Å². The lowest BCUT2D eigenvalue weighted by molar-refractivity contribution is -0.131. The van der Waals surface area contributed by atoms with E-state index in [4.69, 9.17) is 0 Å². The second kappa shape index (κ2) is 8.06. The minimum absolute atomic E-state index is 0.301. The number of carbonyl (C=O) groups is 2. The third-order valence-electron chi connectivity index (χ3n) is 5.27. The molecular weight excluding hydrogens is 386 g/mol. The lowest BCUT2D eigenvalue weighted by Gasteiger charge is -2.16. The number of carbonyl (C=O) groups excluding carboxylic acids is 2. The highest BCUT2D eigenvalue weighted by atomic mass is 19.1. The molecule has 30 heavy (non-hydrogen) atoms. The van der Waals surface area contributed by atoms with E-state index < -0.39 is 28.9 Å². The normalized spacial score (nSPS) is 14.1. The number of rotatable bonds is 6. The maximum absolute atomic E-state index is 14.5. The van der Waals surface area contributed by atoms with Gasteiger partial charge < -0.3 is 10.6 Å².